The summed E-state index contributed by atoms with van der Waals surface area (Å²) in [5.74, 6) is -0.0297. The van der Waals surface area contributed by atoms with Gasteiger partial charge in [-0.1, -0.05) is 32.9 Å². The Morgan fingerprint density at radius 3 is 2.26 bits per heavy atom. The van der Waals surface area contributed by atoms with E-state index in [1.165, 1.54) is 5.56 Å². The van der Waals surface area contributed by atoms with Crippen molar-refractivity contribution in [2.24, 2.45) is 0 Å². The Kier molecular flexibility index (Phi) is 5.29. The third-order valence-electron chi connectivity index (χ3n) is 3.96. The maximum Gasteiger partial charge on any atom is 0.315 e. The number of nitrogens with zero attached hydrogens (tertiary/aromatic N) is 1. The van der Waals surface area contributed by atoms with E-state index in [-0.39, 0.29) is 17.4 Å². The number of nitrogens with one attached hydrogen (secondary N) is 2. The molecule has 0 spiro atoms. The van der Waals surface area contributed by atoms with E-state index in [1.54, 1.807) is 11.8 Å². The quantitative estimate of drug-likeness (QED) is 0.877. The molecule has 5 heteroatoms. The molecular formula is C18H27N3O2. The highest BCUT2D eigenvalue weighted by Gasteiger charge is 2.23. The number of hydrogen-bond acceptors (Lipinski definition) is 2. The van der Waals surface area contributed by atoms with E-state index in [0.717, 1.165) is 18.5 Å². The van der Waals surface area contributed by atoms with E-state index in [9.17, 15) is 9.59 Å². The van der Waals surface area contributed by atoms with Crippen LogP contribution in [0.3, 0.4) is 0 Å². The lowest BCUT2D eigenvalue weighted by molar-refractivity contribution is -0.116. The molecule has 0 saturated heterocycles. The van der Waals surface area contributed by atoms with Gasteiger partial charge in [-0.2, -0.15) is 0 Å². The fourth-order valence-corrected chi connectivity index (χ4v) is 2.36. The molecule has 2 rings (SSSR count). The summed E-state index contributed by atoms with van der Waals surface area (Å²) in [6, 6.07) is 8.22. The first kappa shape index (κ1) is 17.3. The van der Waals surface area contributed by atoms with Gasteiger partial charge in [0.1, 0.15) is 0 Å². The molecule has 1 aliphatic carbocycles. The van der Waals surface area contributed by atoms with Crippen LogP contribution in [0, 0.1) is 0 Å². The van der Waals surface area contributed by atoms with Gasteiger partial charge in [0.05, 0.1) is 0 Å². The Labute approximate surface area is 138 Å². The predicted molar refractivity (Wildman–Crippen MR) is 92.7 cm³/mol. The number of urea groups is 1. The number of carbonyl (C=O) groups excluding carboxylic acids is 2. The minimum atomic E-state index is -0.154. The fourth-order valence-electron chi connectivity index (χ4n) is 2.36. The van der Waals surface area contributed by atoms with Gasteiger partial charge in [-0.15, -0.1) is 0 Å². The first-order valence-corrected chi connectivity index (χ1v) is 8.20. The number of carbonyl (C=O) groups is 2. The topological polar surface area (TPSA) is 61.4 Å². The van der Waals surface area contributed by atoms with Gasteiger partial charge in [0.15, 0.2) is 0 Å². The molecule has 23 heavy (non-hydrogen) atoms. The number of hydrogen-bond donors (Lipinski definition) is 2. The zero-order chi connectivity index (χ0) is 17.0. The maximum atomic E-state index is 11.9. The second kappa shape index (κ2) is 7.02. The van der Waals surface area contributed by atoms with Gasteiger partial charge in [0.25, 0.3) is 0 Å². The van der Waals surface area contributed by atoms with Crippen molar-refractivity contribution >= 4 is 17.6 Å². The van der Waals surface area contributed by atoms with Crippen molar-refractivity contribution in [3.63, 3.8) is 0 Å². The molecule has 0 bridgehead atoms. The van der Waals surface area contributed by atoms with Gasteiger partial charge in [-0.3, -0.25) is 4.79 Å². The van der Waals surface area contributed by atoms with Crippen LogP contribution >= 0.6 is 0 Å². The second-order valence-electron chi connectivity index (χ2n) is 7.14. The Bertz CT molecular complexity index is 557. The van der Waals surface area contributed by atoms with E-state index in [0.29, 0.717) is 19.1 Å². The highest BCUT2D eigenvalue weighted by molar-refractivity contribution is 5.91. The van der Waals surface area contributed by atoms with Gasteiger partial charge in [-0.05, 0) is 36.0 Å². The molecule has 1 fully saturated rings. The van der Waals surface area contributed by atoms with Crippen LogP contribution in [-0.4, -0.2) is 31.1 Å². The molecule has 0 heterocycles. The highest BCUT2D eigenvalue weighted by Crippen LogP contribution is 2.25. The van der Waals surface area contributed by atoms with Gasteiger partial charge >= 0.3 is 6.03 Å². The minimum absolute atomic E-state index is 0.0297. The van der Waals surface area contributed by atoms with Crippen LogP contribution in [0.15, 0.2) is 24.3 Å². The van der Waals surface area contributed by atoms with Crippen LogP contribution in [0.2, 0.25) is 0 Å². The Balaban J connectivity index is 1.92. The Morgan fingerprint density at radius 2 is 1.78 bits per heavy atom. The van der Waals surface area contributed by atoms with Crippen LogP contribution in [0.5, 0.6) is 0 Å². The molecule has 0 atom stereocenters. The van der Waals surface area contributed by atoms with Crippen molar-refractivity contribution in [2.45, 2.75) is 52.0 Å². The van der Waals surface area contributed by atoms with Crippen molar-refractivity contribution in [1.82, 2.24) is 10.6 Å². The standard InChI is InChI=1S/C18H27N3O2/c1-13(22)21(12-11-19-17(23)20-15-7-8-15)16-9-5-14(6-10-16)18(2,3)4/h5-6,9-10,15H,7-8,11-12H2,1-4H3,(H2,19,20,23). The molecular weight excluding hydrogens is 290 g/mol. The molecule has 3 amide bonds. The van der Waals surface area contributed by atoms with E-state index >= 15 is 0 Å². The molecule has 1 aromatic carbocycles. The molecule has 2 N–H and O–H groups in total. The zero-order valence-corrected chi connectivity index (χ0v) is 14.5. The van der Waals surface area contributed by atoms with Crippen LogP contribution < -0.4 is 15.5 Å². The monoisotopic (exact) mass is 317 g/mol. The molecule has 0 radical (unpaired) electrons. The number of amides is 3. The number of benzene rings is 1. The minimum Gasteiger partial charge on any atom is -0.336 e. The van der Waals surface area contributed by atoms with Gasteiger partial charge < -0.3 is 15.5 Å². The predicted octanol–water partition coefficient (Wildman–Crippen LogP) is 2.80. The van der Waals surface area contributed by atoms with Gasteiger partial charge in [-0.25, -0.2) is 4.79 Å². The molecule has 1 saturated carbocycles. The normalized spacial score (nSPS) is 14.3. The van der Waals surface area contributed by atoms with Crippen molar-refractivity contribution in [1.29, 1.82) is 0 Å². The van der Waals surface area contributed by atoms with Crippen LogP contribution in [-0.2, 0) is 10.2 Å². The SMILES string of the molecule is CC(=O)N(CCNC(=O)NC1CC1)c1ccc(C(C)(C)C)cc1. The summed E-state index contributed by atoms with van der Waals surface area (Å²) in [4.78, 5) is 25.2. The van der Waals surface area contributed by atoms with Gasteiger partial charge in [0.2, 0.25) is 5.91 Å². The lowest BCUT2D eigenvalue weighted by Crippen LogP contribution is -2.42. The lowest BCUT2D eigenvalue weighted by Gasteiger charge is -2.24. The van der Waals surface area contributed by atoms with Crippen molar-refractivity contribution in [3.8, 4) is 0 Å². The number of anilines is 1. The molecule has 5 nitrogen and oxygen atoms in total. The number of rotatable bonds is 5. The van der Waals surface area contributed by atoms with Crippen molar-refractivity contribution < 1.29 is 9.59 Å². The highest BCUT2D eigenvalue weighted by atomic mass is 16.2. The summed E-state index contributed by atoms with van der Waals surface area (Å²) in [7, 11) is 0. The summed E-state index contributed by atoms with van der Waals surface area (Å²) in [5, 5.41) is 5.67. The van der Waals surface area contributed by atoms with Gasteiger partial charge in [0, 0.05) is 31.7 Å². The Hall–Kier alpha value is -2.04. The first-order valence-electron chi connectivity index (χ1n) is 8.20. The van der Waals surface area contributed by atoms with E-state index < -0.39 is 0 Å². The van der Waals surface area contributed by atoms with E-state index in [2.05, 4.69) is 43.5 Å². The molecule has 0 aromatic heterocycles. The average Bonchev–Trinajstić information content (AvgIpc) is 3.26. The van der Waals surface area contributed by atoms with E-state index in [4.69, 9.17) is 0 Å². The molecule has 0 unspecified atom stereocenters. The van der Waals surface area contributed by atoms with Crippen molar-refractivity contribution in [3.05, 3.63) is 29.8 Å². The second-order valence-corrected chi connectivity index (χ2v) is 7.14. The largest absolute Gasteiger partial charge is 0.336 e. The maximum absolute atomic E-state index is 11.9. The Morgan fingerprint density at radius 1 is 1.17 bits per heavy atom. The molecule has 126 valence electrons. The average molecular weight is 317 g/mol. The lowest BCUT2D eigenvalue weighted by atomic mass is 9.87. The summed E-state index contributed by atoms with van der Waals surface area (Å²) < 4.78 is 0. The molecule has 1 aliphatic rings. The third kappa shape index (κ3) is 5.27. The molecule has 0 aliphatic heterocycles. The van der Waals surface area contributed by atoms with Crippen LogP contribution in [0.25, 0.3) is 0 Å². The summed E-state index contributed by atoms with van der Waals surface area (Å²) in [6.07, 6.45) is 2.13. The van der Waals surface area contributed by atoms with E-state index in [1.807, 2.05) is 12.1 Å². The fraction of sp³-hybridized carbons (Fsp3) is 0.556. The third-order valence-corrected chi connectivity index (χ3v) is 3.96. The smallest absolute Gasteiger partial charge is 0.315 e. The first-order chi connectivity index (χ1) is 10.8. The van der Waals surface area contributed by atoms with Crippen LogP contribution in [0.4, 0.5) is 10.5 Å². The summed E-state index contributed by atoms with van der Waals surface area (Å²) in [6.45, 7) is 8.91. The van der Waals surface area contributed by atoms with Crippen molar-refractivity contribution in [2.75, 3.05) is 18.0 Å². The zero-order valence-electron chi connectivity index (χ0n) is 14.5. The summed E-state index contributed by atoms with van der Waals surface area (Å²) >= 11 is 0. The van der Waals surface area contributed by atoms with Crippen LogP contribution in [0.1, 0.15) is 46.1 Å². The molecule has 1 aromatic rings. The summed E-state index contributed by atoms with van der Waals surface area (Å²) in [5.41, 5.74) is 2.17.